The molecular weight excluding hydrogens is 321 g/mol. The SMILES string of the molecule is CCn1nc(CC(C)C)cc1C(=O)NC(C)c1ccc(OC)c(F)c1. The first kappa shape index (κ1) is 19.0. The average Bonchev–Trinajstić information content (AvgIpc) is 2.96. The Hall–Kier alpha value is -2.37. The molecule has 0 fully saturated rings. The highest BCUT2D eigenvalue weighted by Crippen LogP contribution is 2.22. The Morgan fingerprint density at radius 2 is 2.04 bits per heavy atom. The molecule has 0 aliphatic rings. The van der Waals surface area contributed by atoms with Gasteiger partial charge in [0, 0.05) is 6.54 Å². The molecule has 1 N–H and O–H groups in total. The number of methoxy groups -OCH3 is 1. The number of hydrogen-bond donors (Lipinski definition) is 1. The largest absolute Gasteiger partial charge is 0.494 e. The lowest BCUT2D eigenvalue weighted by molar-refractivity contribution is 0.0929. The number of benzene rings is 1. The highest BCUT2D eigenvalue weighted by molar-refractivity contribution is 5.93. The maximum Gasteiger partial charge on any atom is 0.270 e. The van der Waals surface area contributed by atoms with Crippen LogP contribution in [0.4, 0.5) is 4.39 Å². The number of ether oxygens (including phenoxy) is 1. The standard InChI is InChI=1S/C19H26FN3O2/c1-6-23-17(11-15(22-23)9-12(2)3)19(24)21-13(4)14-7-8-18(25-5)16(20)10-14/h7-8,10-13H,6,9H2,1-5H3,(H,21,24). The number of carbonyl (C=O) groups is 1. The monoisotopic (exact) mass is 347 g/mol. The summed E-state index contributed by atoms with van der Waals surface area (Å²) in [6, 6.07) is 6.19. The predicted molar refractivity (Wildman–Crippen MR) is 95.3 cm³/mol. The van der Waals surface area contributed by atoms with Crippen LogP contribution in [0.5, 0.6) is 5.75 Å². The maximum atomic E-state index is 13.9. The molecule has 136 valence electrons. The Balaban J connectivity index is 2.15. The molecule has 0 aliphatic heterocycles. The van der Waals surface area contributed by atoms with Gasteiger partial charge in [-0.05, 0) is 49.9 Å². The van der Waals surface area contributed by atoms with Gasteiger partial charge in [0.15, 0.2) is 11.6 Å². The lowest BCUT2D eigenvalue weighted by Crippen LogP contribution is -2.28. The summed E-state index contributed by atoms with van der Waals surface area (Å²) in [6.45, 7) is 8.62. The summed E-state index contributed by atoms with van der Waals surface area (Å²) in [5.74, 6) is -0.00557. The number of rotatable bonds is 7. The van der Waals surface area contributed by atoms with E-state index < -0.39 is 5.82 Å². The van der Waals surface area contributed by atoms with Crippen molar-refractivity contribution in [3.05, 3.63) is 47.0 Å². The Morgan fingerprint density at radius 1 is 1.32 bits per heavy atom. The number of nitrogens with one attached hydrogen (secondary N) is 1. The van der Waals surface area contributed by atoms with Crippen molar-refractivity contribution in [3.8, 4) is 5.75 Å². The van der Waals surface area contributed by atoms with E-state index in [2.05, 4.69) is 24.3 Å². The third-order valence-electron chi connectivity index (χ3n) is 4.00. The number of amides is 1. The van der Waals surface area contributed by atoms with Crippen LogP contribution in [0.15, 0.2) is 24.3 Å². The van der Waals surface area contributed by atoms with Gasteiger partial charge in [0.25, 0.3) is 5.91 Å². The molecular formula is C19H26FN3O2. The molecule has 6 heteroatoms. The minimum Gasteiger partial charge on any atom is -0.494 e. The highest BCUT2D eigenvalue weighted by atomic mass is 19.1. The van der Waals surface area contributed by atoms with E-state index in [0.717, 1.165) is 12.1 Å². The van der Waals surface area contributed by atoms with Gasteiger partial charge in [-0.25, -0.2) is 4.39 Å². The summed E-state index contributed by atoms with van der Waals surface area (Å²) in [4.78, 5) is 12.6. The molecule has 1 amide bonds. The van der Waals surface area contributed by atoms with Crippen molar-refractivity contribution in [2.24, 2.45) is 5.92 Å². The minimum atomic E-state index is -0.445. The van der Waals surface area contributed by atoms with E-state index in [0.29, 0.717) is 23.7 Å². The molecule has 2 aromatic rings. The fraction of sp³-hybridized carbons (Fsp3) is 0.474. The van der Waals surface area contributed by atoms with Gasteiger partial charge in [0.05, 0.1) is 18.8 Å². The number of aromatic nitrogens is 2. The molecule has 2 rings (SSSR count). The van der Waals surface area contributed by atoms with Crippen LogP contribution in [-0.4, -0.2) is 22.8 Å². The van der Waals surface area contributed by atoms with E-state index in [4.69, 9.17) is 4.74 Å². The molecule has 0 saturated carbocycles. The first-order valence-electron chi connectivity index (χ1n) is 8.56. The molecule has 0 bridgehead atoms. The van der Waals surface area contributed by atoms with Crippen LogP contribution < -0.4 is 10.1 Å². The minimum absolute atomic E-state index is 0.185. The van der Waals surface area contributed by atoms with Crippen LogP contribution in [0.3, 0.4) is 0 Å². The zero-order chi connectivity index (χ0) is 18.6. The van der Waals surface area contributed by atoms with E-state index in [1.165, 1.54) is 13.2 Å². The van der Waals surface area contributed by atoms with Gasteiger partial charge in [0.1, 0.15) is 5.69 Å². The van der Waals surface area contributed by atoms with Crippen LogP contribution in [0.25, 0.3) is 0 Å². The van der Waals surface area contributed by atoms with Gasteiger partial charge in [-0.15, -0.1) is 0 Å². The highest BCUT2D eigenvalue weighted by Gasteiger charge is 2.18. The lowest BCUT2D eigenvalue weighted by atomic mass is 10.1. The van der Waals surface area contributed by atoms with E-state index in [-0.39, 0.29) is 17.7 Å². The van der Waals surface area contributed by atoms with Gasteiger partial charge in [-0.1, -0.05) is 19.9 Å². The summed E-state index contributed by atoms with van der Waals surface area (Å²) >= 11 is 0. The Kier molecular flexibility index (Phi) is 6.17. The first-order chi connectivity index (χ1) is 11.8. The Bertz CT molecular complexity index is 740. The molecule has 1 atom stereocenters. The van der Waals surface area contributed by atoms with Crippen molar-refractivity contribution in [2.75, 3.05) is 7.11 Å². The van der Waals surface area contributed by atoms with Crippen molar-refractivity contribution in [3.63, 3.8) is 0 Å². The molecule has 0 spiro atoms. The number of aryl methyl sites for hydroxylation is 1. The van der Waals surface area contributed by atoms with Gasteiger partial charge in [-0.3, -0.25) is 9.48 Å². The smallest absolute Gasteiger partial charge is 0.270 e. The van der Waals surface area contributed by atoms with E-state index in [1.807, 2.05) is 19.9 Å². The topological polar surface area (TPSA) is 56.2 Å². The zero-order valence-electron chi connectivity index (χ0n) is 15.5. The third-order valence-corrected chi connectivity index (χ3v) is 4.00. The molecule has 1 aromatic carbocycles. The normalized spacial score (nSPS) is 12.3. The van der Waals surface area contributed by atoms with E-state index in [1.54, 1.807) is 16.8 Å². The number of carbonyl (C=O) groups excluding carboxylic acids is 1. The molecule has 1 aromatic heterocycles. The summed E-state index contributed by atoms with van der Waals surface area (Å²) in [5.41, 5.74) is 2.11. The quantitative estimate of drug-likeness (QED) is 0.830. The van der Waals surface area contributed by atoms with Crippen molar-refractivity contribution >= 4 is 5.91 Å². The van der Waals surface area contributed by atoms with E-state index in [9.17, 15) is 9.18 Å². The second-order valence-electron chi connectivity index (χ2n) is 6.52. The zero-order valence-corrected chi connectivity index (χ0v) is 15.5. The van der Waals surface area contributed by atoms with E-state index >= 15 is 0 Å². The number of hydrogen-bond acceptors (Lipinski definition) is 3. The van der Waals surface area contributed by atoms with Crippen LogP contribution >= 0.6 is 0 Å². The fourth-order valence-electron chi connectivity index (χ4n) is 2.72. The number of halogens is 1. The Labute approximate surface area is 148 Å². The van der Waals surface area contributed by atoms with Gasteiger partial charge >= 0.3 is 0 Å². The second kappa shape index (κ2) is 8.14. The third kappa shape index (κ3) is 4.59. The molecule has 1 unspecified atom stereocenters. The fourth-order valence-corrected chi connectivity index (χ4v) is 2.72. The molecule has 1 heterocycles. The average molecular weight is 347 g/mol. The Morgan fingerprint density at radius 3 is 2.60 bits per heavy atom. The lowest BCUT2D eigenvalue weighted by Gasteiger charge is -2.15. The van der Waals surface area contributed by atoms with Crippen molar-refractivity contribution in [2.45, 2.75) is 46.7 Å². The van der Waals surface area contributed by atoms with Crippen LogP contribution in [0.2, 0.25) is 0 Å². The summed E-state index contributed by atoms with van der Waals surface area (Å²) in [6.07, 6.45) is 0.826. The summed E-state index contributed by atoms with van der Waals surface area (Å²) in [7, 11) is 1.42. The predicted octanol–water partition coefficient (Wildman–Crippen LogP) is 3.74. The maximum absolute atomic E-state index is 13.9. The molecule has 25 heavy (non-hydrogen) atoms. The van der Waals surface area contributed by atoms with Crippen molar-refractivity contribution in [1.82, 2.24) is 15.1 Å². The summed E-state index contributed by atoms with van der Waals surface area (Å²) in [5, 5.41) is 7.40. The second-order valence-corrected chi connectivity index (χ2v) is 6.52. The van der Waals surface area contributed by atoms with Gasteiger partial charge in [0.2, 0.25) is 0 Å². The van der Waals surface area contributed by atoms with Crippen molar-refractivity contribution < 1.29 is 13.9 Å². The van der Waals surface area contributed by atoms with Crippen LogP contribution in [0, 0.1) is 11.7 Å². The molecule has 0 saturated heterocycles. The number of nitrogens with zero attached hydrogens (tertiary/aromatic N) is 2. The first-order valence-corrected chi connectivity index (χ1v) is 8.56. The molecule has 0 aliphatic carbocycles. The van der Waals surface area contributed by atoms with Gasteiger partial charge < -0.3 is 10.1 Å². The molecule has 0 radical (unpaired) electrons. The van der Waals surface area contributed by atoms with Crippen molar-refractivity contribution in [1.29, 1.82) is 0 Å². The van der Waals surface area contributed by atoms with Gasteiger partial charge in [-0.2, -0.15) is 5.10 Å². The summed E-state index contributed by atoms with van der Waals surface area (Å²) < 4.78 is 20.5. The van der Waals surface area contributed by atoms with Crippen LogP contribution in [0.1, 0.15) is 55.5 Å². The molecule has 5 nitrogen and oxygen atoms in total. The van der Waals surface area contributed by atoms with Crippen LogP contribution in [-0.2, 0) is 13.0 Å².